The van der Waals surface area contributed by atoms with E-state index < -0.39 is 68.0 Å². The molecule has 2 aliphatic heterocycles. The van der Waals surface area contributed by atoms with E-state index in [2.05, 4.69) is 0 Å². The molecule has 7 N–H and O–H groups in total. The summed E-state index contributed by atoms with van der Waals surface area (Å²) in [6.45, 7) is -0.958. The molecule has 2 saturated heterocycles. The molecule has 0 aromatic heterocycles. The zero-order chi connectivity index (χ0) is 18.0. The molecule has 0 aromatic rings. The molecule has 11 nitrogen and oxygen atoms in total. The number of methoxy groups -OCH3 is 1. The highest BCUT2D eigenvalue weighted by Crippen LogP contribution is 2.30. The van der Waals surface area contributed by atoms with Gasteiger partial charge in [0.1, 0.15) is 48.8 Å². The summed E-state index contributed by atoms with van der Waals surface area (Å²) >= 11 is 0. The maximum Gasteiger partial charge on any atom is 0.186 e. The fourth-order valence-electron chi connectivity index (χ4n) is 2.66. The molecule has 11 heteroatoms. The summed E-state index contributed by atoms with van der Waals surface area (Å²) in [6.07, 6.45) is -14.3. The second kappa shape index (κ2) is 8.29. The molecule has 0 unspecified atom stereocenters. The van der Waals surface area contributed by atoms with Crippen LogP contribution in [0.4, 0.5) is 0 Å². The average Bonchev–Trinajstić information content (AvgIpc) is 2.61. The maximum absolute atomic E-state index is 10.1. The molecule has 0 aliphatic carbocycles. The Bertz CT molecular complexity index is 394. The second-order valence-electron chi connectivity index (χ2n) is 5.78. The van der Waals surface area contributed by atoms with Gasteiger partial charge in [0.25, 0.3) is 0 Å². The van der Waals surface area contributed by atoms with Gasteiger partial charge in [0, 0.05) is 7.11 Å². The van der Waals surface area contributed by atoms with Gasteiger partial charge in [-0.1, -0.05) is 0 Å². The van der Waals surface area contributed by atoms with Crippen LogP contribution in [0.3, 0.4) is 0 Å². The van der Waals surface area contributed by atoms with Gasteiger partial charge in [-0.15, -0.1) is 0 Å². The zero-order valence-electron chi connectivity index (χ0n) is 13.0. The quantitative estimate of drug-likeness (QED) is 0.243. The van der Waals surface area contributed by atoms with Gasteiger partial charge >= 0.3 is 0 Å². The third-order valence-corrected chi connectivity index (χ3v) is 4.15. The molecule has 2 fully saturated rings. The lowest BCUT2D eigenvalue weighted by molar-refractivity contribution is -0.370. The van der Waals surface area contributed by atoms with Gasteiger partial charge in [0.05, 0.1) is 13.2 Å². The summed E-state index contributed by atoms with van der Waals surface area (Å²) in [6, 6.07) is 0. The van der Waals surface area contributed by atoms with Crippen LogP contribution in [0.15, 0.2) is 0 Å². The van der Waals surface area contributed by atoms with E-state index >= 15 is 0 Å². The first-order valence-corrected chi connectivity index (χ1v) is 7.46. The highest BCUT2D eigenvalue weighted by Gasteiger charge is 2.50. The monoisotopic (exact) mass is 356 g/mol. The summed E-state index contributed by atoms with van der Waals surface area (Å²) in [5.41, 5.74) is 0. The smallest absolute Gasteiger partial charge is 0.186 e. The lowest BCUT2D eigenvalue weighted by Gasteiger charge is -2.47. The van der Waals surface area contributed by atoms with E-state index in [9.17, 15) is 30.6 Å². The normalized spacial score (nSPS) is 42.0. The summed E-state index contributed by atoms with van der Waals surface area (Å²) in [7, 11) is 1.29. The number of fused-ring (bicyclic) bond motifs is 1. The van der Waals surface area contributed by atoms with E-state index in [0.717, 1.165) is 0 Å². The number of rotatable bonds is 6. The van der Waals surface area contributed by atoms with Crippen LogP contribution in [-0.4, -0.2) is 117 Å². The molecule has 24 heavy (non-hydrogen) atoms. The van der Waals surface area contributed by atoms with Gasteiger partial charge in [-0.2, -0.15) is 0 Å². The van der Waals surface area contributed by atoms with Crippen LogP contribution in [0.2, 0.25) is 0 Å². The maximum atomic E-state index is 10.1. The van der Waals surface area contributed by atoms with Gasteiger partial charge in [-0.05, 0) is 0 Å². The van der Waals surface area contributed by atoms with Crippen molar-refractivity contribution in [3.63, 3.8) is 0 Å². The van der Waals surface area contributed by atoms with Crippen molar-refractivity contribution in [2.24, 2.45) is 0 Å². The van der Waals surface area contributed by atoms with Crippen LogP contribution < -0.4 is 0 Å². The van der Waals surface area contributed by atoms with Crippen molar-refractivity contribution in [3.8, 4) is 0 Å². The Labute approximate surface area is 137 Å². The minimum absolute atomic E-state index is 0.137. The van der Waals surface area contributed by atoms with E-state index in [4.69, 9.17) is 24.1 Å². The van der Waals surface area contributed by atoms with E-state index in [1.54, 1.807) is 0 Å². The molecule has 0 spiro atoms. The van der Waals surface area contributed by atoms with Crippen LogP contribution >= 0.6 is 0 Å². The first kappa shape index (κ1) is 19.9. The Morgan fingerprint density at radius 2 is 1.71 bits per heavy atom. The van der Waals surface area contributed by atoms with Gasteiger partial charge in [-0.25, -0.2) is 0 Å². The van der Waals surface area contributed by atoms with E-state index in [1.165, 1.54) is 7.11 Å². The average molecular weight is 356 g/mol. The van der Waals surface area contributed by atoms with Crippen LogP contribution in [0.5, 0.6) is 0 Å². The number of ether oxygens (including phenoxy) is 4. The first-order valence-electron chi connectivity index (χ1n) is 7.46. The van der Waals surface area contributed by atoms with E-state index in [1.807, 2.05) is 0 Å². The molecule has 0 amide bonds. The zero-order valence-corrected chi connectivity index (χ0v) is 13.0. The topological polar surface area (TPSA) is 179 Å². The Balaban J connectivity index is 2.00. The van der Waals surface area contributed by atoms with Gasteiger partial charge in [0.2, 0.25) is 0 Å². The fourth-order valence-corrected chi connectivity index (χ4v) is 2.66. The Morgan fingerprint density at radius 3 is 2.29 bits per heavy atom. The third kappa shape index (κ3) is 3.86. The Morgan fingerprint density at radius 1 is 1.04 bits per heavy atom. The number of aliphatic hydroxyl groups is 7. The summed E-state index contributed by atoms with van der Waals surface area (Å²) < 4.78 is 20.8. The summed E-state index contributed by atoms with van der Waals surface area (Å²) in [4.78, 5) is 0. The fraction of sp³-hybridized carbons (Fsp3) is 1.00. The van der Waals surface area contributed by atoms with E-state index in [-0.39, 0.29) is 6.61 Å². The van der Waals surface area contributed by atoms with Crippen LogP contribution in [-0.2, 0) is 18.9 Å². The van der Waals surface area contributed by atoms with Crippen molar-refractivity contribution < 1.29 is 54.7 Å². The summed E-state index contributed by atoms with van der Waals surface area (Å²) in [5.74, 6) is 0. The molecule has 0 saturated carbocycles. The number of hydrogen-bond acceptors (Lipinski definition) is 11. The van der Waals surface area contributed by atoms with Gasteiger partial charge < -0.3 is 54.7 Å². The van der Waals surface area contributed by atoms with Crippen molar-refractivity contribution >= 4 is 0 Å². The molecule has 2 heterocycles. The highest BCUT2D eigenvalue weighted by molar-refractivity contribution is 4.94. The predicted octanol–water partition coefficient (Wildman–Crippen LogP) is -4.74. The Hall–Kier alpha value is -0.440. The SMILES string of the molecule is CO[C@H]1O[C@@H]2CO[C@@H]([C@H](O)[C@@H](O)[C@@H](O)[C@H](O)CO)O[C@H]2[C@H](O)[C@H]1O. The molecule has 0 radical (unpaired) electrons. The molecule has 2 aliphatic rings. The molecule has 0 bridgehead atoms. The van der Waals surface area contributed by atoms with Crippen molar-refractivity contribution in [3.05, 3.63) is 0 Å². The molecule has 0 aromatic carbocycles. The first-order chi connectivity index (χ1) is 11.3. The second-order valence-corrected chi connectivity index (χ2v) is 5.78. The van der Waals surface area contributed by atoms with Crippen molar-refractivity contribution in [1.29, 1.82) is 0 Å². The standard InChI is InChI=1S/C13H24O11/c1-21-12-10(20)8(18)11-5(23-12)3-22-13(24-11)9(19)7(17)6(16)4(15)2-14/h4-20H,2-3H2,1H3/t4-,5-,6+,7+,8-,9-,10-,11-,12+,13-/m1/s1. The lowest BCUT2D eigenvalue weighted by Crippen LogP contribution is -2.65. The van der Waals surface area contributed by atoms with Crippen molar-refractivity contribution in [2.75, 3.05) is 20.3 Å². The largest absolute Gasteiger partial charge is 0.394 e. The minimum atomic E-state index is -1.88. The molecule has 10 atom stereocenters. The molecular formula is C13H24O11. The predicted molar refractivity (Wildman–Crippen MR) is 73.4 cm³/mol. The molecular weight excluding hydrogens is 332 g/mol. The van der Waals surface area contributed by atoms with Crippen LogP contribution in [0.1, 0.15) is 0 Å². The summed E-state index contributed by atoms with van der Waals surface area (Å²) in [5, 5.41) is 67.5. The lowest BCUT2D eigenvalue weighted by atomic mass is 9.97. The minimum Gasteiger partial charge on any atom is -0.394 e. The van der Waals surface area contributed by atoms with Crippen LogP contribution in [0, 0.1) is 0 Å². The van der Waals surface area contributed by atoms with Crippen LogP contribution in [0.25, 0.3) is 0 Å². The Kier molecular flexibility index (Phi) is 6.87. The third-order valence-electron chi connectivity index (χ3n) is 4.15. The van der Waals surface area contributed by atoms with E-state index in [0.29, 0.717) is 0 Å². The molecule has 142 valence electrons. The van der Waals surface area contributed by atoms with Gasteiger partial charge in [-0.3, -0.25) is 0 Å². The van der Waals surface area contributed by atoms with Crippen molar-refractivity contribution in [2.45, 2.75) is 61.4 Å². The highest BCUT2D eigenvalue weighted by atomic mass is 16.8. The van der Waals surface area contributed by atoms with Crippen molar-refractivity contribution in [1.82, 2.24) is 0 Å². The number of aliphatic hydroxyl groups excluding tert-OH is 7. The molecule has 2 rings (SSSR count). The van der Waals surface area contributed by atoms with Gasteiger partial charge in [0.15, 0.2) is 12.6 Å². The number of hydrogen-bond donors (Lipinski definition) is 7.